The standard InChI is InChI=1S/C58H37N5/c1-3-15-38(16-4-1)42-34-50(39-17-5-2-6-18-39)60-57(36-42)63-52-25-11-7-21-45(52)47-30-28-41(35-56(47)63)40-29-31-54-49(33-40)46-22-8-10-24-51(46)61(54)43-19-13-20-44(37-43)62-53-26-12-9-23-48(53)58-55(62)27-14-32-59-58/h1-37H. The zero-order valence-electron chi connectivity index (χ0n) is 34.1. The van der Waals surface area contributed by atoms with E-state index in [4.69, 9.17) is 9.97 Å². The lowest BCUT2D eigenvalue weighted by Crippen LogP contribution is -2.00. The molecule has 0 aliphatic heterocycles. The average Bonchev–Trinajstić information content (AvgIpc) is 4.00. The Hall–Kier alpha value is -8.54. The SMILES string of the molecule is c1ccc(-c2cc(-c3ccccc3)nc(-n3c4ccccc4c4ccc(-c5ccc6c(c5)c5ccccc5n6-c5cccc(-n6c7ccccc7c7ncccc76)c5)cc43)c2)cc1. The molecule has 294 valence electrons. The molecule has 63 heavy (non-hydrogen) atoms. The van der Waals surface area contributed by atoms with E-state index in [-0.39, 0.29) is 0 Å². The zero-order valence-corrected chi connectivity index (χ0v) is 34.1. The number of para-hydroxylation sites is 3. The normalized spacial score (nSPS) is 11.8. The molecule has 0 radical (unpaired) electrons. The van der Waals surface area contributed by atoms with E-state index in [1.807, 2.05) is 12.3 Å². The first-order valence-corrected chi connectivity index (χ1v) is 21.4. The zero-order chi connectivity index (χ0) is 41.4. The number of nitrogens with zero attached hydrogens (tertiary/aromatic N) is 5. The molecule has 0 fully saturated rings. The van der Waals surface area contributed by atoms with E-state index in [1.165, 1.54) is 27.1 Å². The molecule has 0 aliphatic carbocycles. The van der Waals surface area contributed by atoms with E-state index in [9.17, 15) is 0 Å². The van der Waals surface area contributed by atoms with Crippen LogP contribution in [0.4, 0.5) is 0 Å². The summed E-state index contributed by atoms with van der Waals surface area (Å²) >= 11 is 0. The molecular formula is C58H37N5. The van der Waals surface area contributed by atoms with Crippen LogP contribution in [0.15, 0.2) is 225 Å². The summed E-state index contributed by atoms with van der Waals surface area (Å²) in [4.78, 5) is 10.2. The van der Waals surface area contributed by atoms with Gasteiger partial charge in [-0.2, -0.15) is 0 Å². The average molecular weight is 804 g/mol. The highest BCUT2D eigenvalue weighted by Gasteiger charge is 2.19. The summed E-state index contributed by atoms with van der Waals surface area (Å²) in [5, 5.41) is 5.96. The Morgan fingerprint density at radius 1 is 0.286 bits per heavy atom. The molecule has 0 saturated carbocycles. The fraction of sp³-hybridized carbons (Fsp3) is 0. The third kappa shape index (κ3) is 5.57. The number of rotatable bonds is 6. The fourth-order valence-corrected chi connectivity index (χ4v) is 9.84. The van der Waals surface area contributed by atoms with Crippen molar-refractivity contribution in [3.05, 3.63) is 225 Å². The highest BCUT2D eigenvalue weighted by molar-refractivity contribution is 6.13. The maximum absolute atomic E-state index is 5.39. The van der Waals surface area contributed by atoms with Gasteiger partial charge in [0.15, 0.2) is 0 Å². The van der Waals surface area contributed by atoms with Crippen LogP contribution in [0, 0.1) is 0 Å². The van der Waals surface area contributed by atoms with Gasteiger partial charge in [-0.05, 0) is 101 Å². The molecule has 13 rings (SSSR count). The second-order valence-electron chi connectivity index (χ2n) is 16.2. The van der Waals surface area contributed by atoms with Crippen molar-refractivity contribution in [2.24, 2.45) is 0 Å². The van der Waals surface area contributed by atoms with Crippen LogP contribution in [0.25, 0.3) is 116 Å². The second kappa shape index (κ2) is 14.0. The minimum absolute atomic E-state index is 0.886. The monoisotopic (exact) mass is 803 g/mol. The van der Waals surface area contributed by atoms with Gasteiger partial charge in [0.25, 0.3) is 0 Å². The smallest absolute Gasteiger partial charge is 0.138 e. The lowest BCUT2D eigenvalue weighted by atomic mass is 10.0. The van der Waals surface area contributed by atoms with E-state index in [0.29, 0.717) is 0 Å². The predicted molar refractivity (Wildman–Crippen MR) is 261 cm³/mol. The fourth-order valence-electron chi connectivity index (χ4n) is 9.84. The summed E-state index contributed by atoms with van der Waals surface area (Å²) in [5.74, 6) is 0.886. The van der Waals surface area contributed by atoms with Crippen LogP contribution < -0.4 is 0 Å². The summed E-state index contributed by atoms with van der Waals surface area (Å²) in [6.07, 6.45) is 1.88. The van der Waals surface area contributed by atoms with Gasteiger partial charge in [0.05, 0.1) is 44.3 Å². The van der Waals surface area contributed by atoms with E-state index >= 15 is 0 Å². The Labute approximate surface area is 363 Å². The third-order valence-corrected chi connectivity index (χ3v) is 12.7. The summed E-state index contributed by atoms with van der Waals surface area (Å²) in [6.45, 7) is 0. The van der Waals surface area contributed by atoms with Crippen LogP contribution in [0.1, 0.15) is 0 Å². The summed E-state index contributed by atoms with van der Waals surface area (Å²) < 4.78 is 7.08. The quantitative estimate of drug-likeness (QED) is 0.168. The van der Waals surface area contributed by atoms with Gasteiger partial charge >= 0.3 is 0 Å². The van der Waals surface area contributed by atoms with E-state index < -0.39 is 0 Å². The van der Waals surface area contributed by atoms with Gasteiger partial charge < -0.3 is 9.13 Å². The van der Waals surface area contributed by atoms with Gasteiger partial charge in [0.1, 0.15) is 5.82 Å². The highest BCUT2D eigenvalue weighted by atomic mass is 15.1. The Morgan fingerprint density at radius 3 is 1.60 bits per heavy atom. The summed E-state index contributed by atoms with van der Waals surface area (Å²) in [7, 11) is 0. The summed E-state index contributed by atoms with van der Waals surface area (Å²) in [5.41, 5.74) is 16.6. The molecule has 0 saturated heterocycles. The Kier molecular flexibility index (Phi) is 7.84. The van der Waals surface area contributed by atoms with Crippen molar-refractivity contribution in [1.82, 2.24) is 23.7 Å². The molecule has 5 heterocycles. The molecule has 5 nitrogen and oxygen atoms in total. The van der Waals surface area contributed by atoms with Crippen LogP contribution >= 0.6 is 0 Å². The van der Waals surface area contributed by atoms with Gasteiger partial charge in [-0.1, -0.05) is 140 Å². The lowest BCUT2D eigenvalue weighted by Gasteiger charge is -2.13. The molecule has 13 aromatic rings. The molecule has 0 spiro atoms. The maximum Gasteiger partial charge on any atom is 0.138 e. The van der Waals surface area contributed by atoms with Crippen molar-refractivity contribution in [2.45, 2.75) is 0 Å². The first-order chi connectivity index (χ1) is 31.2. The maximum atomic E-state index is 5.39. The number of hydrogen-bond acceptors (Lipinski definition) is 2. The van der Waals surface area contributed by atoms with Crippen molar-refractivity contribution in [1.29, 1.82) is 0 Å². The Balaban J connectivity index is 0.983. The van der Waals surface area contributed by atoms with Gasteiger partial charge in [0, 0.05) is 50.1 Å². The molecule has 0 amide bonds. The Bertz CT molecular complexity index is 3800. The van der Waals surface area contributed by atoms with Crippen LogP contribution in [-0.2, 0) is 0 Å². The largest absolute Gasteiger partial charge is 0.309 e. The van der Waals surface area contributed by atoms with Crippen LogP contribution in [-0.4, -0.2) is 23.7 Å². The van der Waals surface area contributed by atoms with Crippen LogP contribution in [0.2, 0.25) is 0 Å². The molecule has 0 aliphatic rings. The topological polar surface area (TPSA) is 40.6 Å². The number of fused-ring (bicyclic) bond motifs is 9. The van der Waals surface area contributed by atoms with Gasteiger partial charge in [0.2, 0.25) is 0 Å². The first-order valence-electron chi connectivity index (χ1n) is 21.4. The van der Waals surface area contributed by atoms with Crippen molar-refractivity contribution < 1.29 is 0 Å². The summed E-state index contributed by atoms with van der Waals surface area (Å²) in [6, 6.07) is 78.4. The van der Waals surface area contributed by atoms with Crippen LogP contribution in [0.3, 0.4) is 0 Å². The van der Waals surface area contributed by atoms with E-state index in [2.05, 4.69) is 226 Å². The first kappa shape index (κ1) is 35.2. The predicted octanol–water partition coefficient (Wildman–Crippen LogP) is 14.8. The van der Waals surface area contributed by atoms with Crippen LogP contribution in [0.5, 0.6) is 0 Å². The van der Waals surface area contributed by atoms with E-state index in [0.717, 1.165) is 89.2 Å². The molecule has 0 bridgehead atoms. The lowest BCUT2D eigenvalue weighted by molar-refractivity contribution is 1.08. The van der Waals surface area contributed by atoms with Crippen molar-refractivity contribution in [2.75, 3.05) is 0 Å². The molecule has 8 aromatic carbocycles. The number of aromatic nitrogens is 5. The molecular weight excluding hydrogens is 767 g/mol. The molecule has 5 heteroatoms. The Morgan fingerprint density at radius 2 is 0.841 bits per heavy atom. The highest BCUT2D eigenvalue weighted by Crippen LogP contribution is 2.40. The van der Waals surface area contributed by atoms with Gasteiger partial charge in [-0.15, -0.1) is 0 Å². The molecule has 5 aromatic heterocycles. The third-order valence-electron chi connectivity index (χ3n) is 12.7. The second-order valence-corrected chi connectivity index (χ2v) is 16.2. The van der Waals surface area contributed by atoms with Gasteiger partial charge in [-0.25, -0.2) is 4.98 Å². The molecule has 0 unspecified atom stereocenters. The molecule has 0 atom stereocenters. The van der Waals surface area contributed by atoms with Crippen molar-refractivity contribution >= 4 is 65.5 Å². The number of hydrogen-bond donors (Lipinski definition) is 0. The van der Waals surface area contributed by atoms with Gasteiger partial charge in [-0.3, -0.25) is 9.55 Å². The van der Waals surface area contributed by atoms with Crippen molar-refractivity contribution in [3.8, 4) is 50.7 Å². The van der Waals surface area contributed by atoms with E-state index in [1.54, 1.807) is 0 Å². The minimum Gasteiger partial charge on any atom is -0.309 e. The minimum atomic E-state index is 0.886. The van der Waals surface area contributed by atoms with Crippen molar-refractivity contribution in [3.63, 3.8) is 0 Å². The number of pyridine rings is 2. The number of benzene rings is 8. The molecule has 0 N–H and O–H groups in total.